The van der Waals surface area contributed by atoms with E-state index in [9.17, 15) is 4.79 Å². The highest BCUT2D eigenvalue weighted by atomic mass is 16.5. The summed E-state index contributed by atoms with van der Waals surface area (Å²) in [5.74, 6) is 1.45. The van der Waals surface area contributed by atoms with E-state index in [0.717, 1.165) is 17.7 Å². The molecule has 2 heterocycles. The van der Waals surface area contributed by atoms with E-state index in [0.29, 0.717) is 11.3 Å². The van der Waals surface area contributed by atoms with E-state index in [1.54, 1.807) is 0 Å². The topological polar surface area (TPSA) is 35.5 Å². The van der Waals surface area contributed by atoms with Gasteiger partial charge in [-0.15, -0.1) is 0 Å². The van der Waals surface area contributed by atoms with Crippen LogP contribution in [0.2, 0.25) is 0 Å². The van der Waals surface area contributed by atoms with Gasteiger partial charge in [-0.2, -0.15) is 0 Å². The molecule has 0 radical (unpaired) electrons. The molecule has 0 N–H and O–H groups in total. The molecule has 15 heavy (non-hydrogen) atoms. The number of carbonyl (C=O) groups excluding carboxylic acids is 1. The predicted molar refractivity (Wildman–Crippen MR) is 54.7 cm³/mol. The molecule has 1 aromatic rings. The summed E-state index contributed by atoms with van der Waals surface area (Å²) < 4.78 is 11.2. The molecule has 1 aromatic carbocycles. The quantitative estimate of drug-likeness (QED) is 0.648. The van der Waals surface area contributed by atoms with Crippen molar-refractivity contribution in [3.63, 3.8) is 0 Å². The SMILES string of the molecule is CC1(C)Cc2ccc3c(c2O1)OCC3=O. The summed E-state index contributed by atoms with van der Waals surface area (Å²) in [6, 6.07) is 3.81. The van der Waals surface area contributed by atoms with Gasteiger partial charge >= 0.3 is 0 Å². The van der Waals surface area contributed by atoms with E-state index in [4.69, 9.17) is 9.47 Å². The largest absolute Gasteiger partial charge is 0.483 e. The average Bonchev–Trinajstić information content (AvgIpc) is 2.65. The fourth-order valence-corrected chi connectivity index (χ4v) is 2.20. The van der Waals surface area contributed by atoms with E-state index in [-0.39, 0.29) is 18.0 Å². The number of fused-ring (bicyclic) bond motifs is 3. The normalized spacial score (nSPS) is 20.5. The molecule has 0 spiro atoms. The van der Waals surface area contributed by atoms with Gasteiger partial charge in [0, 0.05) is 12.0 Å². The number of carbonyl (C=O) groups is 1. The van der Waals surface area contributed by atoms with Gasteiger partial charge in [-0.3, -0.25) is 4.79 Å². The number of hydrogen-bond acceptors (Lipinski definition) is 3. The second-order valence-corrected chi connectivity index (χ2v) is 4.68. The Bertz CT molecular complexity index is 460. The van der Waals surface area contributed by atoms with Crippen molar-refractivity contribution < 1.29 is 14.3 Å². The smallest absolute Gasteiger partial charge is 0.204 e. The lowest BCUT2D eigenvalue weighted by Gasteiger charge is -2.17. The molecule has 78 valence electrons. The Morgan fingerprint density at radius 2 is 2.07 bits per heavy atom. The molecular formula is C12H12O3. The zero-order valence-electron chi connectivity index (χ0n) is 8.79. The Morgan fingerprint density at radius 3 is 2.87 bits per heavy atom. The number of Topliss-reactive ketones (excluding diaryl/α,β-unsaturated/α-hetero) is 1. The Hall–Kier alpha value is -1.51. The Labute approximate surface area is 88.0 Å². The third-order valence-corrected chi connectivity index (χ3v) is 2.84. The highest BCUT2D eigenvalue weighted by molar-refractivity contribution is 6.03. The first-order valence-corrected chi connectivity index (χ1v) is 5.08. The van der Waals surface area contributed by atoms with Crippen molar-refractivity contribution in [3.05, 3.63) is 23.3 Å². The molecule has 0 aliphatic carbocycles. The van der Waals surface area contributed by atoms with Crippen LogP contribution in [0.15, 0.2) is 12.1 Å². The van der Waals surface area contributed by atoms with Gasteiger partial charge in [0.15, 0.2) is 18.1 Å². The first-order chi connectivity index (χ1) is 7.07. The van der Waals surface area contributed by atoms with E-state index >= 15 is 0 Å². The summed E-state index contributed by atoms with van der Waals surface area (Å²) in [7, 11) is 0. The summed E-state index contributed by atoms with van der Waals surface area (Å²) in [4.78, 5) is 11.4. The van der Waals surface area contributed by atoms with Gasteiger partial charge in [0.2, 0.25) is 5.78 Å². The minimum atomic E-state index is -0.188. The molecule has 3 nitrogen and oxygen atoms in total. The minimum absolute atomic E-state index is 0.0427. The molecule has 3 rings (SSSR count). The predicted octanol–water partition coefficient (Wildman–Crippen LogP) is 1.98. The van der Waals surface area contributed by atoms with Gasteiger partial charge in [-0.05, 0) is 19.9 Å². The second kappa shape index (κ2) is 2.54. The number of hydrogen-bond donors (Lipinski definition) is 0. The van der Waals surface area contributed by atoms with E-state index in [2.05, 4.69) is 0 Å². The molecule has 0 aromatic heterocycles. The molecule has 3 heteroatoms. The molecule has 0 saturated carbocycles. The maximum Gasteiger partial charge on any atom is 0.204 e. The van der Waals surface area contributed by atoms with Crippen molar-refractivity contribution >= 4 is 5.78 Å². The fraction of sp³-hybridized carbons (Fsp3) is 0.417. The van der Waals surface area contributed by atoms with Crippen LogP contribution in [0.4, 0.5) is 0 Å². The Balaban J connectivity index is 2.17. The summed E-state index contributed by atoms with van der Waals surface area (Å²) in [6.07, 6.45) is 0.868. The van der Waals surface area contributed by atoms with Crippen molar-refractivity contribution in [1.29, 1.82) is 0 Å². The van der Waals surface area contributed by atoms with E-state index in [1.807, 2.05) is 26.0 Å². The van der Waals surface area contributed by atoms with Crippen LogP contribution in [0.5, 0.6) is 11.5 Å². The van der Waals surface area contributed by atoms with Crippen LogP contribution in [0.25, 0.3) is 0 Å². The van der Waals surface area contributed by atoms with Gasteiger partial charge in [-0.25, -0.2) is 0 Å². The van der Waals surface area contributed by atoms with Crippen molar-refractivity contribution in [2.75, 3.05) is 6.61 Å². The standard InChI is InChI=1S/C12H12O3/c1-12(2)5-7-3-4-8-9(13)6-14-11(8)10(7)15-12/h3-4H,5-6H2,1-2H3. The first kappa shape index (κ1) is 8.77. The summed E-state index contributed by atoms with van der Waals surface area (Å²) >= 11 is 0. The highest BCUT2D eigenvalue weighted by Crippen LogP contribution is 2.45. The van der Waals surface area contributed by atoms with Crippen LogP contribution in [0.1, 0.15) is 29.8 Å². The Kier molecular flexibility index (Phi) is 1.48. The number of rotatable bonds is 0. The van der Waals surface area contributed by atoms with Crippen LogP contribution in [-0.4, -0.2) is 18.0 Å². The van der Waals surface area contributed by atoms with Crippen molar-refractivity contribution in [1.82, 2.24) is 0 Å². The van der Waals surface area contributed by atoms with Crippen LogP contribution in [0, 0.1) is 0 Å². The van der Waals surface area contributed by atoms with Crippen LogP contribution in [-0.2, 0) is 6.42 Å². The summed E-state index contributed by atoms with van der Waals surface area (Å²) in [6.45, 7) is 4.22. The number of ketones is 1. The molecular weight excluding hydrogens is 192 g/mol. The lowest BCUT2D eigenvalue weighted by Crippen LogP contribution is -2.24. The van der Waals surface area contributed by atoms with E-state index < -0.39 is 0 Å². The van der Waals surface area contributed by atoms with Crippen LogP contribution >= 0.6 is 0 Å². The molecule has 0 bridgehead atoms. The third kappa shape index (κ3) is 1.16. The number of ether oxygens (including phenoxy) is 2. The van der Waals surface area contributed by atoms with Crippen molar-refractivity contribution in [3.8, 4) is 11.5 Å². The Morgan fingerprint density at radius 1 is 1.27 bits per heavy atom. The maximum absolute atomic E-state index is 11.4. The molecule has 2 aliphatic rings. The van der Waals surface area contributed by atoms with Crippen LogP contribution in [0.3, 0.4) is 0 Å². The molecule has 0 fully saturated rings. The molecule has 0 amide bonds. The highest BCUT2D eigenvalue weighted by Gasteiger charge is 2.36. The maximum atomic E-state index is 11.4. The van der Waals surface area contributed by atoms with E-state index in [1.165, 1.54) is 0 Å². The van der Waals surface area contributed by atoms with Crippen molar-refractivity contribution in [2.45, 2.75) is 25.9 Å². The summed E-state index contributed by atoms with van der Waals surface area (Å²) in [5.41, 5.74) is 1.60. The van der Waals surface area contributed by atoms with Crippen molar-refractivity contribution in [2.24, 2.45) is 0 Å². The molecule has 0 unspecified atom stereocenters. The third-order valence-electron chi connectivity index (χ3n) is 2.84. The van der Waals surface area contributed by atoms with Gasteiger partial charge in [0.25, 0.3) is 0 Å². The summed E-state index contributed by atoms with van der Waals surface area (Å²) in [5, 5.41) is 0. The lowest BCUT2D eigenvalue weighted by atomic mass is 10.0. The second-order valence-electron chi connectivity index (χ2n) is 4.68. The van der Waals surface area contributed by atoms with Crippen LogP contribution < -0.4 is 9.47 Å². The lowest BCUT2D eigenvalue weighted by molar-refractivity contribution is 0.0958. The minimum Gasteiger partial charge on any atom is -0.483 e. The molecule has 0 saturated heterocycles. The average molecular weight is 204 g/mol. The van der Waals surface area contributed by atoms with Gasteiger partial charge in [-0.1, -0.05) is 6.07 Å². The first-order valence-electron chi connectivity index (χ1n) is 5.08. The molecule has 0 atom stereocenters. The van der Waals surface area contributed by atoms with Gasteiger partial charge in [0.1, 0.15) is 5.60 Å². The number of benzene rings is 1. The molecule has 2 aliphatic heterocycles. The van der Waals surface area contributed by atoms with Gasteiger partial charge in [0.05, 0.1) is 5.56 Å². The monoisotopic (exact) mass is 204 g/mol. The van der Waals surface area contributed by atoms with Gasteiger partial charge < -0.3 is 9.47 Å². The zero-order chi connectivity index (χ0) is 10.6. The fourth-order valence-electron chi connectivity index (χ4n) is 2.20. The zero-order valence-corrected chi connectivity index (χ0v) is 8.79.